The topological polar surface area (TPSA) is 89.8 Å². The molecule has 140 valence electrons. The van der Waals surface area contributed by atoms with E-state index in [2.05, 4.69) is 10.6 Å². The molecule has 0 unspecified atom stereocenters. The number of amides is 2. The van der Waals surface area contributed by atoms with Gasteiger partial charge in [-0.3, -0.25) is 9.59 Å². The summed E-state index contributed by atoms with van der Waals surface area (Å²) < 4.78 is 16.0. The van der Waals surface area contributed by atoms with Gasteiger partial charge < -0.3 is 24.5 Å². The highest BCUT2D eigenvalue weighted by Gasteiger charge is 2.15. The zero-order valence-electron chi connectivity index (χ0n) is 14.8. The molecule has 0 fully saturated rings. The largest absolute Gasteiger partial charge is 0.493 e. The molecule has 1 aromatic carbocycles. The highest BCUT2D eigenvalue weighted by Crippen LogP contribution is 2.29. The molecule has 0 spiro atoms. The third kappa shape index (κ3) is 4.48. The smallest absolute Gasteiger partial charge is 0.313 e. The molecule has 7 nitrogen and oxygen atoms in total. The van der Waals surface area contributed by atoms with Crippen molar-refractivity contribution in [2.45, 2.75) is 6.54 Å². The van der Waals surface area contributed by atoms with Crippen molar-refractivity contribution in [1.29, 1.82) is 0 Å². The van der Waals surface area contributed by atoms with E-state index in [9.17, 15) is 9.59 Å². The lowest BCUT2D eigenvalue weighted by atomic mass is 10.2. The average Bonchev–Trinajstić information content (AvgIpc) is 3.37. The van der Waals surface area contributed by atoms with Gasteiger partial charge in [0.05, 0.1) is 25.6 Å². The van der Waals surface area contributed by atoms with Gasteiger partial charge in [0.2, 0.25) is 0 Å². The number of methoxy groups -OCH3 is 2. The summed E-state index contributed by atoms with van der Waals surface area (Å²) >= 11 is 1.56. The molecular formula is C19H18N2O5S. The van der Waals surface area contributed by atoms with Gasteiger partial charge >= 0.3 is 11.8 Å². The molecule has 2 amide bonds. The van der Waals surface area contributed by atoms with Crippen LogP contribution in [0.4, 0.5) is 5.69 Å². The van der Waals surface area contributed by atoms with E-state index in [0.717, 1.165) is 10.6 Å². The van der Waals surface area contributed by atoms with Crippen molar-refractivity contribution in [3.63, 3.8) is 0 Å². The number of hydrogen-bond acceptors (Lipinski definition) is 6. The number of thiophene rings is 1. The van der Waals surface area contributed by atoms with Crippen LogP contribution in [0.2, 0.25) is 0 Å². The number of benzene rings is 1. The van der Waals surface area contributed by atoms with E-state index in [1.54, 1.807) is 35.6 Å². The second-order valence-electron chi connectivity index (χ2n) is 5.45. The van der Waals surface area contributed by atoms with E-state index in [1.165, 1.54) is 14.2 Å². The normalized spacial score (nSPS) is 10.3. The van der Waals surface area contributed by atoms with Gasteiger partial charge in [0.1, 0.15) is 11.5 Å². The SMILES string of the molecule is COc1ccc(NC(=O)C(=O)NCc2ccc(-c3cccs3)o2)cc1OC. The van der Waals surface area contributed by atoms with Crippen molar-refractivity contribution in [2.24, 2.45) is 0 Å². The first-order valence-electron chi connectivity index (χ1n) is 8.04. The Hall–Kier alpha value is -3.26. The molecular weight excluding hydrogens is 368 g/mol. The summed E-state index contributed by atoms with van der Waals surface area (Å²) in [5, 5.41) is 7.00. The zero-order valence-corrected chi connectivity index (χ0v) is 15.6. The van der Waals surface area contributed by atoms with Crippen LogP contribution in [-0.2, 0) is 16.1 Å². The number of anilines is 1. The van der Waals surface area contributed by atoms with E-state index >= 15 is 0 Å². The molecule has 0 aliphatic carbocycles. The van der Waals surface area contributed by atoms with E-state index in [-0.39, 0.29) is 6.54 Å². The predicted molar refractivity (Wildman–Crippen MR) is 102 cm³/mol. The fourth-order valence-electron chi connectivity index (χ4n) is 2.37. The third-order valence-electron chi connectivity index (χ3n) is 3.70. The summed E-state index contributed by atoms with van der Waals surface area (Å²) in [5.74, 6) is 0.715. The molecule has 0 radical (unpaired) electrons. The minimum Gasteiger partial charge on any atom is -0.493 e. The van der Waals surface area contributed by atoms with Gasteiger partial charge in [0, 0.05) is 11.8 Å². The van der Waals surface area contributed by atoms with Gasteiger partial charge in [-0.05, 0) is 35.7 Å². The molecule has 2 N–H and O–H groups in total. The van der Waals surface area contributed by atoms with Crippen LogP contribution in [-0.4, -0.2) is 26.0 Å². The highest BCUT2D eigenvalue weighted by molar-refractivity contribution is 7.13. The number of ether oxygens (including phenoxy) is 2. The Bertz CT molecular complexity index is 933. The monoisotopic (exact) mass is 386 g/mol. The fraction of sp³-hybridized carbons (Fsp3) is 0.158. The van der Waals surface area contributed by atoms with Crippen LogP contribution in [0.15, 0.2) is 52.3 Å². The summed E-state index contributed by atoms with van der Waals surface area (Å²) in [6.45, 7) is 0.115. The molecule has 8 heteroatoms. The summed E-state index contributed by atoms with van der Waals surface area (Å²) in [5.41, 5.74) is 0.422. The van der Waals surface area contributed by atoms with Gasteiger partial charge in [-0.25, -0.2) is 0 Å². The molecule has 0 atom stereocenters. The number of furan rings is 1. The van der Waals surface area contributed by atoms with Gasteiger partial charge in [0.25, 0.3) is 0 Å². The Morgan fingerprint density at radius 2 is 1.85 bits per heavy atom. The lowest BCUT2D eigenvalue weighted by molar-refractivity contribution is -0.136. The van der Waals surface area contributed by atoms with Crippen LogP contribution in [0.3, 0.4) is 0 Å². The standard InChI is InChI=1S/C19H18N2O5S/c1-24-14-7-5-12(10-16(14)25-2)21-19(23)18(22)20-11-13-6-8-15(26-13)17-4-3-9-27-17/h3-10H,11H2,1-2H3,(H,20,22)(H,21,23). The maximum absolute atomic E-state index is 12.1. The molecule has 2 aromatic heterocycles. The lowest BCUT2D eigenvalue weighted by Gasteiger charge is -2.10. The first-order valence-corrected chi connectivity index (χ1v) is 8.92. The van der Waals surface area contributed by atoms with Crippen LogP contribution >= 0.6 is 11.3 Å². The van der Waals surface area contributed by atoms with Crippen LogP contribution < -0.4 is 20.1 Å². The minimum atomic E-state index is -0.785. The third-order valence-corrected chi connectivity index (χ3v) is 4.58. The molecule has 3 rings (SSSR count). The molecule has 3 aromatic rings. The Morgan fingerprint density at radius 1 is 1.04 bits per heavy atom. The van der Waals surface area contributed by atoms with E-state index in [0.29, 0.717) is 22.9 Å². The Morgan fingerprint density at radius 3 is 2.56 bits per heavy atom. The summed E-state index contributed by atoms with van der Waals surface area (Å²) in [4.78, 5) is 25.1. The van der Waals surface area contributed by atoms with Crippen LogP contribution in [0, 0.1) is 0 Å². The Labute approximate surface area is 159 Å². The maximum atomic E-state index is 12.1. The number of carbonyl (C=O) groups excluding carboxylic acids is 2. The van der Waals surface area contributed by atoms with Crippen molar-refractivity contribution in [2.75, 3.05) is 19.5 Å². The van der Waals surface area contributed by atoms with E-state index in [4.69, 9.17) is 13.9 Å². The second kappa shape index (κ2) is 8.41. The minimum absolute atomic E-state index is 0.115. The zero-order chi connectivity index (χ0) is 19.2. The van der Waals surface area contributed by atoms with Crippen LogP contribution in [0.5, 0.6) is 11.5 Å². The van der Waals surface area contributed by atoms with Crippen molar-refractivity contribution in [1.82, 2.24) is 5.32 Å². The Balaban J connectivity index is 1.56. The molecule has 27 heavy (non-hydrogen) atoms. The number of nitrogens with one attached hydrogen (secondary N) is 2. The molecule has 0 saturated carbocycles. The van der Waals surface area contributed by atoms with Gasteiger partial charge in [-0.1, -0.05) is 6.07 Å². The fourth-order valence-corrected chi connectivity index (χ4v) is 3.06. The number of hydrogen-bond donors (Lipinski definition) is 2. The van der Waals surface area contributed by atoms with E-state index in [1.807, 2.05) is 23.6 Å². The molecule has 0 bridgehead atoms. The quantitative estimate of drug-likeness (QED) is 0.635. The molecule has 0 aliphatic rings. The predicted octanol–water partition coefficient (Wildman–Crippen LogP) is 3.28. The van der Waals surface area contributed by atoms with Crippen molar-refractivity contribution in [3.8, 4) is 22.1 Å². The average molecular weight is 386 g/mol. The summed E-state index contributed by atoms with van der Waals surface area (Å²) in [7, 11) is 3.01. The van der Waals surface area contributed by atoms with Crippen LogP contribution in [0.25, 0.3) is 10.6 Å². The second-order valence-corrected chi connectivity index (χ2v) is 6.40. The molecule has 2 heterocycles. The molecule has 0 saturated heterocycles. The maximum Gasteiger partial charge on any atom is 0.313 e. The van der Waals surface area contributed by atoms with Gasteiger partial charge in [0.15, 0.2) is 11.5 Å². The highest BCUT2D eigenvalue weighted by atomic mass is 32.1. The van der Waals surface area contributed by atoms with Crippen molar-refractivity contribution < 1.29 is 23.5 Å². The first-order chi connectivity index (χ1) is 13.1. The summed E-state index contributed by atoms with van der Waals surface area (Å²) in [6, 6.07) is 12.3. The lowest BCUT2D eigenvalue weighted by Crippen LogP contribution is -2.34. The first kappa shape index (κ1) is 18.5. The Kier molecular flexibility index (Phi) is 5.77. The molecule has 0 aliphatic heterocycles. The number of rotatable bonds is 6. The van der Waals surface area contributed by atoms with Crippen molar-refractivity contribution in [3.05, 3.63) is 53.6 Å². The van der Waals surface area contributed by atoms with Crippen molar-refractivity contribution >= 4 is 28.8 Å². The summed E-state index contributed by atoms with van der Waals surface area (Å²) in [6.07, 6.45) is 0. The van der Waals surface area contributed by atoms with Gasteiger partial charge in [-0.2, -0.15) is 0 Å². The van der Waals surface area contributed by atoms with Crippen LogP contribution in [0.1, 0.15) is 5.76 Å². The van der Waals surface area contributed by atoms with Gasteiger partial charge in [-0.15, -0.1) is 11.3 Å². The number of carbonyl (C=O) groups is 2. The van der Waals surface area contributed by atoms with E-state index < -0.39 is 11.8 Å².